The number of aromatic nitrogens is 2. The van der Waals surface area contributed by atoms with Crippen molar-refractivity contribution < 1.29 is 13.3 Å². The maximum atomic E-state index is 12.8. The number of hydrogen-bond donors (Lipinski definition) is 1. The average Bonchev–Trinajstić information content (AvgIpc) is 2.78. The van der Waals surface area contributed by atoms with E-state index in [0.717, 1.165) is 25.0 Å². The number of nitrogens with zero attached hydrogens (tertiary/aromatic N) is 3. The fraction of sp³-hybridized carbons (Fsp3) is 0.438. The molecule has 3 rings (SSSR count). The van der Waals surface area contributed by atoms with Crippen LogP contribution >= 0.6 is 0 Å². The maximum absolute atomic E-state index is 12.8. The average molecular weight is 364 g/mol. The van der Waals surface area contributed by atoms with E-state index < -0.39 is 14.9 Å². The highest BCUT2D eigenvalue weighted by Gasteiger charge is 2.27. The number of hydrogen-bond acceptors (Lipinski definition) is 5. The molecular formula is C16H20N4O4S. The third kappa shape index (κ3) is 3.23. The molecular weight excluding hydrogens is 344 g/mol. The van der Waals surface area contributed by atoms with Gasteiger partial charge in [-0.05, 0) is 38.3 Å². The van der Waals surface area contributed by atoms with Crippen molar-refractivity contribution in [1.82, 2.24) is 9.78 Å². The number of rotatable bonds is 5. The predicted molar refractivity (Wildman–Crippen MR) is 93.2 cm³/mol. The van der Waals surface area contributed by atoms with Gasteiger partial charge in [-0.2, -0.15) is 5.10 Å². The van der Waals surface area contributed by atoms with Crippen molar-refractivity contribution in [2.24, 2.45) is 7.05 Å². The van der Waals surface area contributed by atoms with Gasteiger partial charge in [-0.3, -0.25) is 19.5 Å². The summed E-state index contributed by atoms with van der Waals surface area (Å²) in [7, 11) is -2.29. The van der Waals surface area contributed by atoms with E-state index in [0.29, 0.717) is 17.3 Å². The standard InChI is InChI=1S/C16H20N4O4S/c1-10-7-14(20(21)22)11(2)15(8-10)25(23,24)18-16-9-13(17-19(16)3)12-5-4-6-12/h7-9,12,18H,4-6H2,1-3H3. The van der Waals surface area contributed by atoms with Gasteiger partial charge in [0.25, 0.3) is 15.7 Å². The molecule has 0 amide bonds. The molecule has 9 heteroatoms. The highest BCUT2D eigenvalue weighted by atomic mass is 32.2. The van der Waals surface area contributed by atoms with Crippen molar-refractivity contribution in [3.8, 4) is 0 Å². The SMILES string of the molecule is Cc1cc([N+](=O)[O-])c(C)c(S(=O)(=O)Nc2cc(C3CCC3)nn2C)c1. The molecule has 1 fully saturated rings. The lowest BCUT2D eigenvalue weighted by atomic mass is 9.83. The van der Waals surface area contributed by atoms with Crippen molar-refractivity contribution in [2.45, 2.75) is 43.9 Å². The Morgan fingerprint density at radius 2 is 1.96 bits per heavy atom. The number of aryl methyl sites for hydroxylation is 2. The molecule has 134 valence electrons. The fourth-order valence-corrected chi connectivity index (χ4v) is 4.38. The monoisotopic (exact) mass is 364 g/mol. The van der Waals surface area contributed by atoms with Gasteiger partial charge in [0.05, 0.1) is 15.5 Å². The minimum absolute atomic E-state index is 0.0920. The first-order chi connectivity index (χ1) is 11.7. The first-order valence-electron chi connectivity index (χ1n) is 8.01. The number of nitro benzene ring substituents is 1. The minimum atomic E-state index is -3.96. The summed E-state index contributed by atoms with van der Waals surface area (Å²) in [6.07, 6.45) is 3.28. The molecule has 0 bridgehead atoms. The van der Waals surface area contributed by atoms with Gasteiger partial charge in [0.1, 0.15) is 5.82 Å². The molecule has 0 unspecified atom stereocenters. The van der Waals surface area contributed by atoms with Crippen LogP contribution in [0, 0.1) is 24.0 Å². The van der Waals surface area contributed by atoms with E-state index in [9.17, 15) is 18.5 Å². The van der Waals surface area contributed by atoms with E-state index in [2.05, 4.69) is 9.82 Å². The summed E-state index contributed by atoms with van der Waals surface area (Å²) in [4.78, 5) is 10.5. The second-order valence-electron chi connectivity index (χ2n) is 6.48. The van der Waals surface area contributed by atoms with Crippen LogP contribution in [0.2, 0.25) is 0 Å². The van der Waals surface area contributed by atoms with E-state index in [1.54, 1.807) is 20.0 Å². The third-order valence-corrected chi connectivity index (χ3v) is 6.11. The number of nitrogens with one attached hydrogen (secondary N) is 1. The lowest BCUT2D eigenvalue weighted by Crippen LogP contribution is -2.17. The van der Waals surface area contributed by atoms with E-state index >= 15 is 0 Å². The molecule has 8 nitrogen and oxygen atoms in total. The van der Waals surface area contributed by atoms with E-state index in [1.165, 1.54) is 23.7 Å². The molecule has 1 aliphatic carbocycles. The first-order valence-corrected chi connectivity index (χ1v) is 9.50. The molecule has 0 spiro atoms. The smallest absolute Gasteiger partial charge is 0.264 e. The summed E-state index contributed by atoms with van der Waals surface area (Å²) in [5.74, 6) is 0.733. The number of nitro groups is 1. The molecule has 1 N–H and O–H groups in total. The summed E-state index contributed by atoms with van der Waals surface area (Å²) in [5, 5.41) is 15.5. The second-order valence-corrected chi connectivity index (χ2v) is 8.13. The zero-order valence-electron chi connectivity index (χ0n) is 14.3. The predicted octanol–water partition coefficient (Wildman–Crippen LogP) is 3.01. The van der Waals surface area contributed by atoms with Gasteiger partial charge in [0.15, 0.2) is 0 Å². The Hall–Kier alpha value is -2.42. The van der Waals surface area contributed by atoms with Crippen LogP contribution in [0.4, 0.5) is 11.5 Å². The van der Waals surface area contributed by atoms with Crippen LogP contribution in [0.5, 0.6) is 0 Å². The van der Waals surface area contributed by atoms with Gasteiger partial charge >= 0.3 is 0 Å². The van der Waals surface area contributed by atoms with Crippen LogP contribution in [-0.4, -0.2) is 23.1 Å². The summed E-state index contributed by atoms with van der Waals surface area (Å²) in [5.41, 5.74) is 1.29. The molecule has 0 aliphatic heterocycles. The van der Waals surface area contributed by atoms with E-state index in [1.807, 2.05) is 0 Å². The molecule has 1 aliphatic rings. The molecule has 1 aromatic carbocycles. The van der Waals surface area contributed by atoms with Crippen LogP contribution in [0.15, 0.2) is 23.1 Å². The van der Waals surface area contributed by atoms with E-state index in [4.69, 9.17) is 0 Å². The van der Waals surface area contributed by atoms with Gasteiger partial charge in [0, 0.05) is 30.7 Å². The number of benzene rings is 1. The summed E-state index contributed by atoms with van der Waals surface area (Å²) < 4.78 is 29.6. The topological polar surface area (TPSA) is 107 Å². The van der Waals surface area contributed by atoms with Gasteiger partial charge in [-0.15, -0.1) is 0 Å². The van der Waals surface area contributed by atoms with Crippen LogP contribution in [0.25, 0.3) is 0 Å². The van der Waals surface area contributed by atoms with E-state index in [-0.39, 0.29) is 16.1 Å². The first kappa shape index (κ1) is 17.4. The van der Waals surface area contributed by atoms with Crippen LogP contribution in [0.1, 0.15) is 42.0 Å². The van der Waals surface area contributed by atoms with Crippen molar-refractivity contribution in [3.63, 3.8) is 0 Å². The zero-order chi connectivity index (χ0) is 18.4. The second kappa shape index (κ2) is 6.14. The van der Waals surface area contributed by atoms with Crippen molar-refractivity contribution in [1.29, 1.82) is 0 Å². The number of sulfonamides is 1. The Kier molecular flexibility index (Phi) is 4.28. The van der Waals surface area contributed by atoms with Crippen molar-refractivity contribution in [2.75, 3.05) is 4.72 Å². The van der Waals surface area contributed by atoms with Crippen LogP contribution in [-0.2, 0) is 17.1 Å². The van der Waals surface area contributed by atoms with Gasteiger partial charge in [-0.1, -0.05) is 6.42 Å². The van der Waals surface area contributed by atoms with Gasteiger partial charge in [-0.25, -0.2) is 8.42 Å². The normalized spacial score (nSPS) is 15.0. The summed E-state index contributed by atoms with van der Waals surface area (Å²) >= 11 is 0. The Balaban J connectivity index is 1.98. The highest BCUT2D eigenvalue weighted by Crippen LogP contribution is 2.36. The molecule has 0 atom stereocenters. The number of anilines is 1. The fourth-order valence-electron chi connectivity index (χ4n) is 2.96. The molecule has 1 aromatic heterocycles. The molecule has 0 radical (unpaired) electrons. The van der Waals surface area contributed by atoms with Crippen molar-refractivity contribution in [3.05, 3.63) is 45.1 Å². The quantitative estimate of drug-likeness (QED) is 0.648. The van der Waals surface area contributed by atoms with Gasteiger partial charge < -0.3 is 0 Å². The third-order valence-electron chi connectivity index (χ3n) is 4.62. The Labute approximate surface area is 146 Å². The van der Waals surface area contributed by atoms with Crippen molar-refractivity contribution >= 4 is 21.5 Å². The molecule has 0 saturated heterocycles. The van der Waals surface area contributed by atoms with Crippen LogP contribution in [0.3, 0.4) is 0 Å². The maximum Gasteiger partial charge on any atom is 0.273 e. The molecule has 25 heavy (non-hydrogen) atoms. The Bertz CT molecular complexity index is 945. The summed E-state index contributed by atoms with van der Waals surface area (Å²) in [6.45, 7) is 3.07. The molecule has 2 aromatic rings. The highest BCUT2D eigenvalue weighted by molar-refractivity contribution is 7.92. The Morgan fingerprint density at radius 1 is 1.28 bits per heavy atom. The molecule has 1 saturated carbocycles. The lowest BCUT2D eigenvalue weighted by Gasteiger charge is -2.22. The molecule has 1 heterocycles. The lowest BCUT2D eigenvalue weighted by molar-refractivity contribution is -0.385. The van der Waals surface area contributed by atoms with Gasteiger partial charge in [0.2, 0.25) is 0 Å². The largest absolute Gasteiger partial charge is 0.273 e. The Morgan fingerprint density at radius 3 is 2.52 bits per heavy atom. The summed E-state index contributed by atoms with van der Waals surface area (Å²) in [6, 6.07) is 4.54. The zero-order valence-corrected chi connectivity index (χ0v) is 15.1. The minimum Gasteiger partial charge on any atom is -0.264 e. The van der Waals surface area contributed by atoms with Crippen LogP contribution < -0.4 is 4.72 Å².